The minimum atomic E-state index is 0.323. The smallest absolute Gasteiger partial charge is 0.0886 e. The van der Waals surface area contributed by atoms with E-state index in [1.807, 2.05) is 12.4 Å². The molecule has 1 aromatic rings. The Morgan fingerprint density at radius 2 is 1.81 bits per heavy atom. The Hall–Kier alpha value is -1.01. The van der Waals surface area contributed by atoms with Crippen LogP contribution in [0, 0.1) is 0 Å². The molecular formula is C22H35N3O2. The number of likely N-dealkylation sites (tertiary alicyclic amines) is 2. The summed E-state index contributed by atoms with van der Waals surface area (Å²) in [6, 6.07) is 5.01. The molecule has 150 valence electrons. The van der Waals surface area contributed by atoms with Gasteiger partial charge in [0.1, 0.15) is 0 Å². The fraction of sp³-hybridized carbons (Fsp3) is 0.773. The lowest BCUT2D eigenvalue weighted by atomic mass is 9.69. The molecule has 3 aliphatic rings. The van der Waals surface area contributed by atoms with Gasteiger partial charge in [-0.2, -0.15) is 0 Å². The van der Waals surface area contributed by atoms with Crippen LogP contribution in [0.25, 0.3) is 0 Å². The maximum absolute atomic E-state index is 6.25. The minimum Gasteiger partial charge on any atom is -0.382 e. The highest BCUT2D eigenvalue weighted by molar-refractivity contribution is 5.12. The molecule has 3 fully saturated rings. The number of hydrogen-bond donors (Lipinski definition) is 0. The van der Waals surface area contributed by atoms with Crippen LogP contribution >= 0.6 is 0 Å². The summed E-state index contributed by atoms with van der Waals surface area (Å²) >= 11 is 0. The van der Waals surface area contributed by atoms with Crippen molar-refractivity contribution < 1.29 is 9.47 Å². The molecule has 1 spiro atoms. The number of nitrogens with zero attached hydrogens (tertiary/aromatic N) is 3. The van der Waals surface area contributed by atoms with Crippen LogP contribution in [0.3, 0.4) is 0 Å². The molecule has 5 nitrogen and oxygen atoms in total. The average Bonchev–Trinajstić information content (AvgIpc) is 2.72. The van der Waals surface area contributed by atoms with Crippen molar-refractivity contribution in [1.82, 2.24) is 14.8 Å². The fourth-order valence-electron chi connectivity index (χ4n) is 5.51. The molecule has 1 unspecified atom stereocenters. The second-order valence-electron chi connectivity index (χ2n) is 8.53. The van der Waals surface area contributed by atoms with Crippen molar-refractivity contribution in [3.8, 4) is 0 Å². The zero-order valence-electron chi connectivity index (χ0n) is 16.8. The van der Waals surface area contributed by atoms with E-state index in [4.69, 9.17) is 9.47 Å². The maximum atomic E-state index is 6.25. The summed E-state index contributed by atoms with van der Waals surface area (Å²) in [5.41, 5.74) is 1.70. The van der Waals surface area contributed by atoms with Crippen LogP contribution in [0.5, 0.6) is 0 Å². The van der Waals surface area contributed by atoms with Crippen LogP contribution in [-0.4, -0.2) is 72.4 Å². The van der Waals surface area contributed by atoms with Gasteiger partial charge >= 0.3 is 0 Å². The van der Waals surface area contributed by atoms with Gasteiger partial charge in [-0.15, -0.1) is 0 Å². The summed E-state index contributed by atoms with van der Waals surface area (Å²) < 4.78 is 11.4. The van der Waals surface area contributed by atoms with E-state index < -0.39 is 0 Å². The van der Waals surface area contributed by atoms with E-state index in [9.17, 15) is 0 Å². The number of piperidine rings is 1. The molecular weight excluding hydrogens is 338 g/mol. The van der Waals surface area contributed by atoms with Gasteiger partial charge < -0.3 is 9.47 Å². The second-order valence-corrected chi connectivity index (χ2v) is 8.53. The lowest BCUT2D eigenvalue weighted by Gasteiger charge is -2.63. The van der Waals surface area contributed by atoms with E-state index in [-0.39, 0.29) is 0 Å². The molecule has 4 rings (SSSR count). The van der Waals surface area contributed by atoms with Crippen molar-refractivity contribution in [2.45, 2.75) is 69.2 Å². The standard InChI is InChI=1S/C22H35N3O2/c1-26-15-16-27-21-18-25(22(21)9-3-2-4-10-22)20-7-13-24(14-8-20)17-19-5-11-23-12-6-19/h5-6,11-12,20-21H,2-4,7-10,13-18H2,1H3. The van der Waals surface area contributed by atoms with Gasteiger partial charge in [0.2, 0.25) is 0 Å². The van der Waals surface area contributed by atoms with Gasteiger partial charge in [0, 0.05) is 44.2 Å². The number of hydrogen-bond acceptors (Lipinski definition) is 5. The first-order valence-electron chi connectivity index (χ1n) is 10.8. The molecule has 0 bridgehead atoms. The molecule has 3 heterocycles. The van der Waals surface area contributed by atoms with E-state index >= 15 is 0 Å². The number of methoxy groups -OCH3 is 1. The van der Waals surface area contributed by atoms with Crippen molar-refractivity contribution in [1.29, 1.82) is 0 Å². The number of ether oxygens (including phenoxy) is 2. The topological polar surface area (TPSA) is 37.8 Å². The first-order valence-corrected chi connectivity index (χ1v) is 10.8. The Bertz CT molecular complexity index is 568. The van der Waals surface area contributed by atoms with Gasteiger partial charge in [-0.3, -0.25) is 14.8 Å². The summed E-state index contributed by atoms with van der Waals surface area (Å²) in [4.78, 5) is 9.57. The van der Waals surface area contributed by atoms with Gasteiger partial charge in [0.25, 0.3) is 0 Å². The molecule has 0 aromatic carbocycles. The van der Waals surface area contributed by atoms with Crippen molar-refractivity contribution >= 4 is 0 Å². The van der Waals surface area contributed by atoms with E-state index in [1.165, 1.54) is 63.6 Å². The highest BCUT2D eigenvalue weighted by Gasteiger charge is 2.56. The monoisotopic (exact) mass is 373 g/mol. The van der Waals surface area contributed by atoms with Crippen LogP contribution in [-0.2, 0) is 16.0 Å². The minimum absolute atomic E-state index is 0.323. The summed E-state index contributed by atoms with van der Waals surface area (Å²) in [6.45, 7) is 6.03. The van der Waals surface area contributed by atoms with Crippen LogP contribution < -0.4 is 0 Å². The third-order valence-electron chi connectivity index (χ3n) is 7.01. The van der Waals surface area contributed by atoms with Gasteiger partial charge in [-0.05, 0) is 56.5 Å². The normalized spacial score (nSPS) is 26.9. The molecule has 2 saturated heterocycles. The largest absolute Gasteiger partial charge is 0.382 e. The van der Waals surface area contributed by atoms with E-state index in [0.29, 0.717) is 18.2 Å². The van der Waals surface area contributed by atoms with Gasteiger partial charge in [-0.25, -0.2) is 0 Å². The number of pyridine rings is 1. The highest BCUT2D eigenvalue weighted by Crippen LogP contribution is 2.47. The van der Waals surface area contributed by atoms with Crippen molar-refractivity contribution in [2.75, 3.05) is 40.0 Å². The van der Waals surface area contributed by atoms with E-state index in [2.05, 4.69) is 26.9 Å². The SMILES string of the molecule is COCCOC1CN(C2CCN(Cc3ccncc3)CC2)C12CCCCC2. The van der Waals surface area contributed by atoms with Crippen LogP contribution in [0.1, 0.15) is 50.5 Å². The molecule has 0 N–H and O–H groups in total. The quantitative estimate of drug-likeness (QED) is 0.687. The third kappa shape index (κ3) is 4.21. The molecule has 0 amide bonds. The first-order chi connectivity index (χ1) is 13.3. The van der Waals surface area contributed by atoms with Crippen LogP contribution in [0.4, 0.5) is 0 Å². The predicted molar refractivity (Wildman–Crippen MR) is 107 cm³/mol. The molecule has 0 radical (unpaired) electrons. The lowest BCUT2D eigenvalue weighted by molar-refractivity contribution is -0.204. The van der Waals surface area contributed by atoms with Gasteiger partial charge in [-0.1, -0.05) is 19.3 Å². The Morgan fingerprint density at radius 3 is 2.52 bits per heavy atom. The Morgan fingerprint density at radius 1 is 1.07 bits per heavy atom. The molecule has 1 atom stereocenters. The highest BCUT2D eigenvalue weighted by atomic mass is 16.5. The number of rotatable bonds is 7. The zero-order chi connectivity index (χ0) is 18.5. The predicted octanol–water partition coefficient (Wildman–Crippen LogP) is 3.10. The summed E-state index contributed by atoms with van der Waals surface area (Å²) in [7, 11) is 1.76. The van der Waals surface area contributed by atoms with Crippen molar-refractivity contribution in [3.63, 3.8) is 0 Å². The van der Waals surface area contributed by atoms with E-state index in [0.717, 1.165) is 25.7 Å². The van der Waals surface area contributed by atoms with Gasteiger partial charge in [0.15, 0.2) is 0 Å². The molecule has 2 aliphatic heterocycles. The summed E-state index contributed by atoms with van der Waals surface area (Å²) in [5.74, 6) is 0. The average molecular weight is 374 g/mol. The summed E-state index contributed by atoms with van der Waals surface area (Å²) in [5, 5.41) is 0. The Kier molecular flexibility index (Phi) is 6.43. The van der Waals surface area contributed by atoms with Gasteiger partial charge in [0.05, 0.1) is 19.3 Å². The van der Waals surface area contributed by atoms with Crippen LogP contribution in [0.2, 0.25) is 0 Å². The zero-order valence-corrected chi connectivity index (χ0v) is 16.8. The third-order valence-corrected chi connectivity index (χ3v) is 7.01. The fourth-order valence-corrected chi connectivity index (χ4v) is 5.51. The Balaban J connectivity index is 1.32. The molecule has 1 saturated carbocycles. The van der Waals surface area contributed by atoms with Crippen molar-refractivity contribution in [3.05, 3.63) is 30.1 Å². The summed E-state index contributed by atoms with van der Waals surface area (Å²) in [6.07, 6.45) is 13.6. The van der Waals surface area contributed by atoms with Crippen molar-refractivity contribution in [2.24, 2.45) is 0 Å². The van der Waals surface area contributed by atoms with Crippen LogP contribution in [0.15, 0.2) is 24.5 Å². The lowest BCUT2D eigenvalue weighted by Crippen LogP contribution is -2.75. The van der Waals surface area contributed by atoms with E-state index in [1.54, 1.807) is 7.11 Å². The Labute approximate surface area is 164 Å². The molecule has 1 aliphatic carbocycles. The molecule has 5 heteroatoms. The first kappa shape index (κ1) is 19.3. The molecule has 27 heavy (non-hydrogen) atoms. The second kappa shape index (κ2) is 8.99. The maximum Gasteiger partial charge on any atom is 0.0886 e. The number of aromatic nitrogens is 1. The molecule has 1 aromatic heterocycles.